The standard InChI is InChI=1S/C35H40ClF5N10O3/c1-19(35(39,40)41)46-31(53)54-16-26(21-6-9-24(36)23(14-21)27-43-18-45-50(27)29(37)38)49-28(52)34(47-30(49)42,17-32(2,3)4)33(5)12-10-20(11-13-33)25-15-44-51(48-25)22-7-8-22/h6,9-12,14-15,18-19,22,26,29H,7-8,13,16-17H2,1-5H3,(H2,42,47)(H,46,53)/t19-,26+,33?,34-/m0/s1. The van der Waals surface area contributed by atoms with Gasteiger partial charge in [0.15, 0.2) is 17.3 Å². The molecule has 1 aliphatic heterocycles. The number of aromatic nitrogens is 6. The van der Waals surface area contributed by atoms with E-state index in [9.17, 15) is 26.7 Å². The molecule has 2 amide bonds. The number of nitrogens with zero attached hydrogens (tertiary/aromatic N) is 8. The number of guanidine groups is 1. The number of alkyl halides is 5. The molecule has 0 spiro atoms. The van der Waals surface area contributed by atoms with Crippen LogP contribution in [0.15, 0.2) is 53.9 Å². The zero-order valence-corrected chi connectivity index (χ0v) is 30.9. The van der Waals surface area contributed by atoms with Crippen LogP contribution >= 0.6 is 11.6 Å². The molecule has 1 fully saturated rings. The quantitative estimate of drug-likeness (QED) is 0.197. The number of carbonyl (C=O) groups excluding carboxylic acids is 2. The maximum atomic E-state index is 15.1. The van der Waals surface area contributed by atoms with Gasteiger partial charge in [-0.1, -0.05) is 63.6 Å². The monoisotopic (exact) mass is 778 g/mol. The predicted octanol–water partition coefficient (Wildman–Crippen LogP) is 7.02. The van der Waals surface area contributed by atoms with E-state index in [4.69, 9.17) is 27.1 Å². The lowest BCUT2D eigenvalue weighted by Gasteiger charge is -2.45. The summed E-state index contributed by atoms with van der Waals surface area (Å²) in [6, 6.07) is 0.903. The smallest absolute Gasteiger partial charge is 0.408 e. The topological polar surface area (TPSA) is 158 Å². The third kappa shape index (κ3) is 7.57. The maximum absolute atomic E-state index is 15.1. The summed E-state index contributed by atoms with van der Waals surface area (Å²) in [5.74, 6) is -1.11. The fourth-order valence-electron chi connectivity index (χ4n) is 6.76. The van der Waals surface area contributed by atoms with Crippen LogP contribution in [0.25, 0.3) is 17.0 Å². The first-order valence-electron chi connectivity index (χ1n) is 17.2. The second kappa shape index (κ2) is 14.1. The van der Waals surface area contributed by atoms with Crippen molar-refractivity contribution < 1.29 is 36.3 Å². The Kier molecular flexibility index (Phi) is 10.1. The van der Waals surface area contributed by atoms with Crippen LogP contribution in [0.1, 0.15) is 90.2 Å². The number of rotatable bonds is 11. The number of nitrogens with one attached hydrogen (secondary N) is 1. The van der Waals surface area contributed by atoms with E-state index in [1.54, 1.807) is 16.3 Å². The molecule has 1 unspecified atom stereocenters. The molecule has 3 heterocycles. The Morgan fingerprint density at radius 1 is 1.19 bits per heavy atom. The summed E-state index contributed by atoms with van der Waals surface area (Å²) in [6.07, 6.45) is 4.76. The van der Waals surface area contributed by atoms with Crippen LogP contribution in [0.5, 0.6) is 0 Å². The molecule has 2 aliphatic carbocycles. The van der Waals surface area contributed by atoms with Crippen molar-refractivity contribution in [2.45, 2.75) is 96.7 Å². The molecule has 1 saturated carbocycles. The van der Waals surface area contributed by atoms with Crippen LogP contribution in [0.2, 0.25) is 5.02 Å². The van der Waals surface area contributed by atoms with E-state index in [-0.39, 0.29) is 34.4 Å². The summed E-state index contributed by atoms with van der Waals surface area (Å²) in [4.78, 5) is 39.5. The molecule has 290 valence electrons. The van der Waals surface area contributed by atoms with Crippen molar-refractivity contribution in [2.75, 3.05) is 6.61 Å². The molecular weight excluding hydrogens is 739 g/mol. The van der Waals surface area contributed by atoms with Crippen molar-refractivity contribution in [1.29, 1.82) is 0 Å². The van der Waals surface area contributed by atoms with Crippen LogP contribution in [-0.4, -0.2) is 77.0 Å². The number of allylic oxidation sites excluding steroid dienone is 3. The highest BCUT2D eigenvalue weighted by molar-refractivity contribution is 6.33. The molecule has 3 aliphatic rings. The first kappa shape index (κ1) is 38.8. The minimum atomic E-state index is -4.76. The first-order valence-corrected chi connectivity index (χ1v) is 17.6. The van der Waals surface area contributed by atoms with E-state index >= 15 is 4.79 Å². The van der Waals surface area contributed by atoms with Gasteiger partial charge in [-0.15, -0.1) is 0 Å². The van der Waals surface area contributed by atoms with Crippen molar-refractivity contribution in [3.63, 3.8) is 0 Å². The van der Waals surface area contributed by atoms with E-state index in [0.29, 0.717) is 22.8 Å². The van der Waals surface area contributed by atoms with Gasteiger partial charge in [0.05, 0.1) is 23.3 Å². The second-order valence-electron chi connectivity index (χ2n) is 15.2. The molecule has 3 aromatic rings. The fraction of sp³-hybridized carbons (Fsp3) is 0.514. The van der Waals surface area contributed by atoms with Gasteiger partial charge in [0.1, 0.15) is 24.7 Å². The summed E-state index contributed by atoms with van der Waals surface area (Å²) in [5, 5.41) is 14.3. The van der Waals surface area contributed by atoms with Gasteiger partial charge < -0.3 is 15.8 Å². The summed E-state index contributed by atoms with van der Waals surface area (Å²) < 4.78 is 73.1. The van der Waals surface area contributed by atoms with Gasteiger partial charge in [-0.25, -0.2) is 14.8 Å². The zero-order chi connectivity index (χ0) is 39.4. The predicted molar refractivity (Wildman–Crippen MR) is 188 cm³/mol. The van der Waals surface area contributed by atoms with E-state index in [1.807, 2.05) is 45.9 Å². The summed E-state index contributed by atoms with van der Waals surface area (Å²) in [6.45, 7) is 4.68. The van der Waals surface area contributed by atoms with Crippen molar-refractivity contribution in [3.8, 4) is 11.4 Å². The Balaban J connectivity index is 1.38. The van der Waals surface area contributed by atoms with Crippen molar-refractivity contribution in [2.24, 2.45) is 21.6 Å². The third-order valence-electron chi connectivity index (χ3n) is 9.79. The van der Waals surface area contributed by atoms with E-state index in [0.717, 1.165) is 36.6 Å². The lowest BCUT2D eigenvalue weighted by Crippen LogP contribution is -2.55. The van der Waals surface area contributed by atoms with Crippen LogP contribution in [0, 0.1) is 10.8 Å². The van der Waals surface area contributed by atoms with Gasteiger partial charge in [-0.2, -0.15) is 46.7 Å². The number of carbonyl (C=O) groups is 2. The number of halogens is 6. The van der Waals surface area contributed by atoms with Gasteiger partial charge >= 0.3 is 18.8 Å². The molecule has 0 saturated heterocycles. The van der Waals surface area contributed by atoms with Gasteiger partial charge in [-0.05, 0) is 61.3 Å². The van der Waals surface area contributed by atoms with Gasteiger partial charge in [0.25, 0.3) is 5.91 Å². The summed E-state index contributed by atoms with van der Waals surface area (Å²) in [7, 11) is 0. The van der Waals surface area contributed by atoms with E-state index in [1.165, 1.54) is 18.2 Å². The molecule has 2 aromatic heterocycles. The first-order chi connectivity index (χ1) is 25.2. The molecule has 0 radical (unpaired) electrons. The Morgan fingerprint density at radius 2 is 1.91 bits per heavy atom. The number of hydrogen-bond donors (Lipinski definition) is 2. The lowest BCUT2D eigenvalue weighted by atomic mass is 9.61. The van der Waals surface area contributed by atoms with Gasteiger partial charge in [-0.3, -0.25) is 9.69 Å². The molecule has 0 bridgehead atoms. The van der Waals surface area contributed by atoms with Crippen molar-refractivity contribution in [3.05, 3.63) is 65.2 Å². The molecular formula is C35H40ClF5N10O3. The van der Waals surface area contributed by atoms with Gasteiger partial charge in [0.2, 0.25) is 0 Å². The number of ether oxygens (including phenoxy) is 1. The number of amides is 2. The Bertz CT molecular complexity index is 2020. The average Bonchev–Trinajstić information content (AvgIpc) is 3.49. The maximum Gasteiger partial charge on any atom is 0.408 e. The minimum absolute atomic E-state index is 0.00106. The molecule has 54 heavy (non-hydrogen) atoms. The molecule has 3 N–H and O–H groups in total. The number of benzene rings is 1. The van der Waals surface area contributed by atoms with E-state index in [2.05, 4.69) is 20.3 Å². The molecule has 6 rings (SSSR count). The average molecular weight is 779 g/mol. The van der Waals surface area contributed by atoms with Crippen molar-refractivity contribution >= 4 is 35.1 Å². The second-order valence-corrected chi connectivity index (χ2v) is 15.6. The summed E-state index contributed by atoms with van der Waals surface area (Å²) in [5.41, 5.74) is 5.34. The van der Waals surface area contributed by atoms with E-state index < -0.39 is 59.8 Å². The largest absolute Gasteiger partial charge is 0.447 e. The molecule has 1 aromatic carbocycles. The highest BCUT2D eigenvalue weighted by atomic mass is 35.5. The molecule has 4 atom stereocenters. The normalized spacial score (nSPS) is 23.0. The minimum Gasteiger partial charge on any atom is -0.447 e. The van der Waals surface area contributed by atoms with Crippen LogP contribution in [-0.2, 0) is 9.53 Å². The molecule has 13 nitrogen and oxygen atoms in total. The number of nitrogens with two attached hydrogens (primary N) is 1. The van der Waals surface area contributed by atoms with Gasteiger partial charge in [0, 0.05) is 11.0 Å². The Hall–Kier alpha value is -4.87. The SMILES string of the molecule is C[C@H](NC(=O)OC[C@H](c1ccc(Cl)c(-c2ncnn2C(F)F)c1)N1C(=O)[C@@](CC(C)(C)C)(C2(C)C=CC(c3cnn(C4CC4)n3)=CC2)N=C1N)C(F)(F)F. The van der Waals surface area contributed by atoms with Crippen LogP contribution in [0.3, 0.4) is 0 Å². The Labute approximate surface area is 312 Å². The third-order valence-corrected chi connectivity index (χ3v) is 10.1. The number of hydrogen-bond acceptors (Lipinski definition) is 9. The number of aliphatic imine (C=N–C) groups is 1. The Morgan fingerprint density at radius 3 is 2.52 bits per heavy atom. The fourth-order valence-corrected chi connectivity index (χ4v) is 6.96. The highest BCUT2D eigenvalue weighted by Crippen LogP contribution is 2.53. The zero-order valence-electron chi connectivity index (χ0n) is 30.1. The highest BCUT2D eigenvalue weighted by Gasteiger charge is 2.60. The number of alkyl carbamates (subject to hydrolysis) is 1. The van der Waals surface area contributed by atoms with Crippen LogP contribution < -0.4 is 11.1 Å². The summed E-state index contributed by atoms with van der Waals surface area (Å²) >= 11 is 6.45. The molecule has 19 heteroatoms. The lowest BCUT2D eigenvalue weighted by molar-refractivity contribution is -0.150. The van der Waals surface area contributed by atoms with Crippen molar-refractivity contribution in [1.82, 2.24) is 40.0 Å². The van der Waals surface area contributed by atoms with Crippen LogP contribution in [0.4, 0.5) is 26.7 Å².